The lowest BCUT2D eigenvalue weighted by molar-refractivity contribution is -0.116. The van der Waals surface area contributed by atoms with Crippen molar-refractivity contribution < 1.29 is 9.59 Å². The Morgan fingerprint density at radius 3 is 2.38 bits per heavy atom. The molecule has 6 heteroatoms. The number of benzene rings is 2. The summed E-state index contributed by atoms with van der Waals surface area (Å²) in [5.74, 6) is 0.300. The van der Waals surface area contributed by atoms with Crippen LogP contribution >= 0.6 is 0 Å². The molecule has 32 heavy (non-hydrogen) atoms. The van der Waals surface area contributed by atoms with Crippen LogP contribution in [0.5, 0.6) is 0 Å². The Morgan fingerprint density at radius 2 is 1.69 bits per heavy atom. The van der Waals surface area contributed by atoms with E-state index in [9.17, 15) is 9.59 Å². The minimum absolute atomic E-state index is 0.0299. The molecule has 1 aliphatic heterocycles. The van der Waals surface area contributed by atoms with Crippen molar-refractivity contribution in [3.63, 3.8) is 0 Å². The number of aryl methyl sites for hydroxylation is 3. The van der Waals surface area contributed by atoms with E-state index >= 15 is 0 Å². The van der Waals surface area contributed by atoms with Crippen molar-refractivity contribution in [2.75, 3.05) is 36.9 Å². The molecule has 166 valence electrons. The summed E-state index contributed by atoms with van der Waals surface area (Å²) in [5.41, 5.74) is 5.41. The molecule has 1 fully saturated rings. The standard InChI is InChI=1S/C26H30N4O2/c1-17-13-18(2)24(19(3)14-17)28-23(31)16-29(4)26(32)21-15-20-9-5-6-10-22(20)27-25(21)30-11-7-8-12-30/h5-6,9-10,13-15H,7-8,11-12,16H2,1-4H3,(H,28,31). The maximum Gasteiger partial charge on any atom is 0.257 e. The van der Waals surface area contributed by atoms with Crippen molar-refractivity contribution in [1.29, 1.82) is 0 Å². The lowest BCUT2D eigenvalue weighted by atomic mass is 10.1. The fourth-order valence-corrected chi connectivity index (χ4v) is 4.48. The molecule has 0 spiro atoms. The Morgan fingerprint density at radius 1 is 1.03 bits per heavy atom. The third kappa shape index (κ3) is 4.44. The molecule has 6 nitrogen and oxygen atoms in total. The van der Waals surface area contributed by atoms with Crippen LogP contribution < -0.4 is 10.2 Å². The molecule has 4 rings (SSSR count). The Bertz CT molecular complexity index is 1160. The van der Waals surface area contributed by atoms with Gasteiger partial charge in [-0.2, -0.15) is 0 Å². The van der Waals surface area contributed by atoms with Gasteiger partial charge in [-0.1, -0.05) is 35.9 Å². The number of aromatic nitrogens is 1. The quantitative estimate of drug-likeness (QED) is 0.649. The van der Waals surface area contributed by atoms with Crippen LogP contribution in [-0.2, 0) is 4.79 Å². The number of hydrogen-bond donors (Lipinski definition) is 1. The molecule has 0 atom stereocenters. The first-order valence-corrected chi connectivity index (χ1v) is 11.1. The van der Waals surface area contributed by atoms with Gasteiger partial charge in [0.25, 0.3) is 5.91 Å². The van der Waals surface area contributed by atoms with E-state index in [0.29, 0.717) is 11.4 Å². The Hall–Kier alpha value is -3.41. The number of fused-ring (bicyclic) bond motifs is 1. The van der Waals surface area contributed by atoms with Gasteiger partial charge in [0, 0.05) is 31.2 Å². The van der Waals surface area contributed by atoms with Gasteiger partial charge in [0.15, 0.2) is 0 Å². The summed E-state index contributed by atoms with van der Waals surface area (Å²) in [6.45, 7) is 7.75. The second-order valence-corrected chi connectivity index (χ2v) is 8.73. The molecule has 1 saturated heterocycles. The highest BCUT2D eigenvalue weighted by molar-refractivity contribution is 6.04. The minimum atomic E-state index is -0.215. The summed E-state index contributed by atoms with van der Waals surface area (Å²) >= 11 is 0. The third-order valence-corrected chi connectivity index (χ3v) is 6.01. The predicted octanol–water partition coefficient (Wildman–Crippen LogP) is 4.47. The van der Waals surface area contributed by atoms with Crippen molar-refractivity contribution in [1.82, 2.24) is 9.88 Å². The number of para-hydroxylation sites is 1. The fraction of sp³-hybridized carbons (Fsp3) is 0.346. The molecule has 0 aliphatic carbocycles. The highest BCUT2D eigenvalue weighted by atomic mass is 16.2. The molecule has 2 aromatic carbocycles. The molecule has 0 radical (unpaired) electrons. The van der Waals surface area contributed by atoms with Crippen LogP contribution in [0.15, 0.2) is 42.5 Å². The molecule has 2 heterocycles. The summed E-state index contributed by atoms with van der Waals surface area (Å²) in [4.78, 5) is 34.6. The second kappa shape index (κ2) is 8.99. The Kier molecular flexibility index (Phi) is 6.12. The largest absolute Gasteiger partial charge is 0.356 e. The minimum Gasteiger partial charge on any atom is -0.356 e. The molecule has 0 bridgehead atoms. The van der Waals surface area contributed by atoms with Gasteiger partial charge in [-0.15, -0.1) is 0 Å². The molecule has 2 amide bonds. The number of nitrogens with zero attached hydrogens (tertiary/aromatic N) is 3. The highest BCUT2D eigenvalue weighted by Crippen LogP contribution is 2.28. The van der Waals surface area contributed by atoms with Gasteiger partial charge in [0.2, 0.25) is 5.91 Å². The lowest BCUT2D eigenvalue weighted by Crippen LogP contribution is -2.36. The molecule has 3 aromatic rings. The summed E-state index contributed by atoms with van der Waals surface area (Å²) in [6, 6.07) is 13.8. The smallest absolute Gasteiger partial charge is 0.257 e. The van der Waals surface area contributed by atoms with E-state index < -0.39 is 0 Å². The fourth-order valence-electron chi connectivity index (χ4n) is 4.48. The van der Waals surface area contributed by atoms with E-state index in [2.05, 4.69) is 10.2 Å². The average molecular weight is 431 g/mol. The van der Waals surface area contributed by atoms with Gasteiger partial charge in [0.1, 0.15) is 5.82 Å². The zero-order valence-corrected chi connectivity index (χ0v) is 19.2. The maximum absolute atomic E-state index is 13.4. The number of likely N-dealkylation sites (N-methyl/N-ethyl adjacent to an activating group) is 1. The molecule has 1 N–H and O–H groups in total. The topological polar surface area (TPSA) is 65.5 Å². The van der Waals surface area contributed by atoms with E-state index in [0.717, 1.165) is 59.2 Å². The van der Waals surface area contributed by atoms with Gasteiger partial charge in [-0.25, -0.2) is 4.98 Å². The van der Waals surface area contributed by atoms with Crippen molar-refractivity contribution in [3.8, 4) is 0 Å². The third-order valence-electron chi connectivity index (χ3n) is 6.01. The number of amides is 2. The van der Waals surface area contributed by atoms with Crippen LogP contribution in [0.2, 0.25) is 0 Å². The summed E-state index contributed by atoms with van der Waals surface area (Å²) in [7, 11) is 1.67. The zero-order chi connectivity index (χ0) is 22.8. The zero-order valence-electron chi connectivity index (χ0n) is 19.2. The van der Waals surface area contributed by atoms with Crippen molar-refractivity contribution in [2.45, 2.75) is 33.6 Å². The second-order valence-electron chi connectivity index (χ2n) is 8.73. The molecule has 1 aromatic heterocycles. The number of pyridine rings is 1. The predicted molar refractivity (Wildman–Crippen MR) is 129 cm³/mol. The van der Waals surface area contributed by atoms with Crippen LogP contribution in [0, 0.1) is 20.8 Å². The molecular weight excluding hydrogens is 400 g/mol. The summed E-state index contributed by atoms with van der Waals surface area (Å²) in [6.07, 6.45) is 2.19. The Labute approximate surface area is 189 Å². The number of anilines is 2. The van der Waals surface area contributed by atoms with E-state index in [-0.39, 0.29) is 18.4 Å². The number of hydrogen-bond acceptors (Lipinski definition) is 4. The van der Waals surface area contributed by atoms with Crippen LogP contribution in [0.25, 0.3) is 10.9 Å². The number of carbonyl (C=O) groups is 2. The first-order valence-electron chi connectivity index (χ1n) is 11.1. The van der Waals surface area contributed by atoms with Gasteiger partial charge in [-0.05, 0) is 56.9 Å². The van der Waals surface area contributed by atoms with E-state index in [1.165, 1.54) is 4.90 Å². The van der Waals surface area contributed by atoms with Crippen molar-refractivity contribution in [2.24, 2.45) is 0 Å². The Balaban J connectivity index is 1.57. The van der Waals surface area contributed by atoms with E-state index in [1.807, 2.05) is 63.2 Å². The van der Waals surface area contributed by atoms with Gasteiger partial charge < -0.3 is 15.1 Å². The van der Waals surface area contributed by atoms with Gasteiger partial charge in [0.05, 0.1) is 17.6 Å². The molecule has 0 unspecified atom stereocenters. The van der Waals surface area contributed by atoms with Crippen LogP contribution in [0.1, 0.15) is 39.9 Å². The number of carbonyl (C=O) groups excluding carboxylic acids is 2. The van der Waals surface area contributed by atoms with Crippen molar-refractivity contribution >= 4 is 34.2 Å². The van der Waals surface area contributed by atoms with E-state index in [1.54, 1.807) is 7.05 Å². The maximum atomic E-state index is 13.4. The van der Waals surface area contributed by atoms with Crippen LogP contribution in [-0.4, -0.2) is 48.4 Å². The monoisotopic (exact) mass is 430 g/mol. The van der Waals surface area contributed by atoms with Crippen LogP contribution in [0.4, 0.5) is 11.5 Å². The van der Waals surface area contributed by atoms with Crippen molar-refractivity contribution in [3.05, 3.63) is 64.7 Å². The first-order chi connectivity index (χ1) is 15.3. The van der Waals surface area contributed by atoms with Gasteiger partial charge in [-0.3, -0.25) is 9.59 Å². The SMILES string of the molecule is Cc1cc(C)c(NC(=O)CN(C)C(=O)c2cc3ccccc3nc2N2CCCC2)c(C)c1. The molecule has 0 saturated carbocycles. The summed E-state index contributed by atoms with van der Waals surface area (Å²) < 4.78 is 0. The number of rotatable bonds is 5. The highest BCUT2D eigenvalue weighted by Gasteiger charge is 2.25. The number of nitrogens with one attached hydrogen (secondary N) is 1. The lowest BCUT2D eigenvalue weighted by Gasteiger charge is -2.23. The van der Waals surface area contributed by atoms with E-state index in [4.69, 9.17) is 4.98 Å². The molecule has 1 aliphatic rings. The van der Waals surface area contributed by atoms with Gasteiger partial charge >= 0.3 is 0 Å². The summed E-state index contributed by atoms with van der Waals surface area (Å²) in [5, 5.41) is 3.90. The average Bonchev–Trinajstić information content (AvgIpc) is 3.29. The molecular formula is C26H30N4O2. The normalized spacial score (nSPS) is 13.4. The first kappa shape index (κ1) is 21.8. The van der Waals surface area contributed by atoms with Crippen LogP contribution in [0.3, 0.4) is 0 Å².